The standard InChI is InChI=1S/C33H33IN4O4/c1-7-18-14(2)22-11-25-21(13-39)16(4)30(37-25)29(34)31-15(3)19(8-9-27(41)42-6)32(38-31)20-10-26(40)28-17(5)23(36-33(20)28)12-24(18)35-22/h11-13,15,19,38-39H,7-10H2,1-6H3/b21-13+,22-11?,23-12?,31-29?,32-20?/t15-,19-/m0/s1. The Hall–Kier alpha value is -3.60. The fourth-order valence-corrected chi connectivity index (χ4v) is 7.89. The fourth-order valence-electron chi connectivity index (χ4n) is 6.74. The minimum absolute atomic E-state index is 0.0132. The van der Waals surface area contributed by atoms with Crippen LogP contribution in [0.3, 0.4) is 0 Å². The molecule has 0 amide bonds. The second-order valence-electron chi connectivity index (χ2n) is 11.3. The molecular formula is C33H33IN4O4. The van der Waals surface area contributed by atoms with E-state index in [9.17, 15) is 14.7 Å². The van der Waals surface area contributed by atoms with Gasteiger partial charge >= 0.3 is 5.97 Å². The van der Waals surface area contributed by atoms with Gasteiger partial charge in [-0.3, -0.25) is 9.59 Å². The number of aliphatic hydroxyl groups is 1. The topological polar surface area (TPSA) is 113 Å². The van der Waals surface area contributed by atoms with Crippen LogP contribution in [-0.2, 0) is 14.3 Å². The van der Waals surface area contributed by atoms with Crippen LogP contribution < -0.4 is 5.32 Å². The van der Waals surface area contributed by atoms with Crippen molar-refractivity contribution >= 4 is 51.5 Å². The molecule has 0 unspecified atom stereocenters. The van der Waals surface area contributed by atoms with Crippen LogP contribution in [0, 0.1) is 11.8 Å². The van der Waals surface area contributed by atoms with Gasteiger partial charge in [-0.25, -0.2) is 15.0 Å². The first kappa shape index (κ1) is 28.5. The predicted octanol–water partition coefficient (Wildman–Crippen LogP) is 6.57. The predicted molar refractivity (Wildman–Crippen MR) is 172 cm³/mol. The maximum atomic E-state index is 13.5. The van der Waals surface area contributed by atoms with Gasteiger partial charge in [-0.2, -0.15) is 0 Å². The van der Waals surface area contributed by atoms with Crippen LogP contribution in [0.25, 0.3) is 0 Å². The summed E-state index contributed by atoms with van der Waals surface area (Å²) in [6.07, 6.45) is 6.93. The Morgan fingerprint density at radius 2 is 1.81 bits per heavy atom. The number of esters is 1. The molecule has 5 heterocycles. The molecule has 2 N–H and O–H groups in total. The van der Waals surface area contributed by atoms with Gasteiger partial charge in [0.25, 0.3) is 0 Å². The second kappa shape index (κ2) is 10.6. The summed E-state index contributed by atoms with van der Waals surface area (Å²) >= 11 is 2.33. The first-order valence-corrected chi connectivity index (χ1v) is 15.3. The zero-order chi connectivity index (χ0) is 30.0. The van der Waals surface area contributed by atoms with Crippen molar-refractivity contribution in [2.45, 2.75) is 60.3 Å². The summed E-state index contributed by atoms with van der Waals surface area (Å²) in [5, 5.41) is 14.0. The molecule has 1 saturated heterocycles. The van der Waals surface area contributed by atoms with Crippen LogP contribution in [0.1, 0.15) is 60.3 Å². The Balaban J connectivity index is 1.64. The van der Waals surface area contributed by atoms with Crippen molar-refractivity contribution in [1.82, 2.24) is 5.32 Å². The van der Waals surface area contributed by atoms with E-state index in [1.54, 1.807) is 0 Å². The van der Waals surface area contributed by atoms with E-state index in [4.69, 9.17) is 19.7 Å². The number of methoxy groups -OCH3 is 1. The third-order valence-electron chi connectivity index (χ3n) is 9.17. The zero-order valence-electron chi connectivity index (χ0n) is 24.6. The number of halogens is 1. The third kappa shape index (κ3) is 4.27. The van der Waals surface area contributed by atoms with Gasteiger partial charge in [0.15, 0.2) is 5.78 Å². The van der Waals surface area contributed by atoms with Gasteiger partial charge in [0.05, 0.1) is 51.2 Å². The van der Waals surface area contributed by atoms with Crippen LogP contribution in [-0.4, -0.2) is 41.1 Å². The molecule has 0 aromatic carbocycles. The molecule has 1 saturated carbocycles. The lowest BCUT2D eigenvalue weighted by Crippen LogP contribution is -2.15. The molecule has 216 valence electrons. The lowest BCUT2D eigenvalue weighted by Gasteiger charge is -2.17. The fraction of sp³-hybridized carbons (Fsp3) is 0.364. The number of ketones is 1. The Morgan fingerprint density at radius 1 is 1.10 bits per heavy atom. The van der Waals surface area contributed by atoms with Gasteiger partial charge in [-0.15, -0.1) is 0 Å². The maximum absolute atomic E-state index is 13.5. The first-order valence-electron chi connectivity index (χ1n) is 14.3. The number of Topliss-reactive ketones (excluding diaryl/α,β-unsaturated/α-hetero) is 1. The monoisotopic (exact) mass is 676 g/mol. The highest BCUT2D eigenvalue weighted by molar-refractivity contribution is 14.1. The number of fused-ring (bicyclic) bond motifs is 5. The van der Waals surface area contributed by atoms with Crippen LogP contribution in [0.15, 0.2) is 104 Å². The summed E-state index contributed by atoms with van der Waals surface area (Å²) < 4.78 is 5.89. The molecule has 8 bridgehead atoms. The average molecular weight is 677 g/mol. The Bertz CT molecular complexity index is 1740. The number of hydrogen-bond donors (Lipinski definition) is 2. The highest BCUT2D eigenvalue weighted by Crippen LogP contribution is 2.47. The minimum atomic E-state index is -0.264. The van der Waals surface area contributed by atoms with Crippen molar-refractivity contribution < 1.29 is 19.4 Å². The third-order valence-corrected chi connectivity index (χ3v) is 10.3. The summed E-state index contributed by atoms with van der Waals surface area (Å²) in [6, 6.07) is 0. The normalized spacial score (nSPS) is 25.9. The number of allylic oxidation sites excluding steroid dienone is 12. The highest BCUT2D eigenvalue weighted by atomic mass is 127. The summed E-state index contributed by atoms with van der Waals surface area (Å²) in [5.41, 5.74) is 12.6. The molecule has 2 fully saturated rings. The molecule has 2 atom stereocenters. The highest BCUT2D eigenvalue weighted by Gasteiger charge is 2.43. The van der Waals surface area contributed by atoms with E-state index in [2.05, 4.69) is 48.7 Å². The number of aliphatic imine (C=N–C) groups is 3. The van der Waals surface area contributed by atoms with E-state index >= 15 is 0 Å². The van der Waals surface area contributed by atoms with Crippen molar-refractivity contribution in [1.29, 1.82) is 0 Å². The molecular weight excluding hydrogens is 643 g/mol. The van der Waals surface area contributed by atoms with Crippen molar-refractivity contribution in [3.63, 3.8) is 0 Å². The SMILES string of the molecule is CCC1=C(C)C2=CC3=NC(=C(C)/C3=C\O)C(I)=C3NC(=C4CC(=O)C5=C(C)C(=CC1=N2)N=C45)[C@@H](CCC(=O)OC)[C@@H]3C. The molecule has 0 spiro atoms. The maximum Gasteiger partial charge on any atom is 0.305 e. The number of carbonyl (C=O) groups excluding carboxylic acids is 2. The first-order chi connectivity index (χ1) is 20.1. The van der Waals surface area contributed by atoms with Crippen LogP contribution in [0.2, 0.25) is 0 Å². The van der Waals surface area contributed by atoms with Gasteiger partial charge in [0.1, 0.15) is 0 Å². The summed E-state index contributed by atoms with van der Waals surface area (Å²) in [7, 11) is 1.40. The molecule has 5 aliphatic heterocycles. The summed E-state index contributed by atoms with van der Waals surface area (Å²) in [4.78, 5) is 40.7. The summed E-state index contributed by atoms with van der Waals surface area (Å²) in [6.45, 7) is 10.2. The molecule has 0 aromatic rings. The van der Waals surface area contributed by atoms with Gasteiger partial charge in [-0.1, -0.05) is 13.8 Å². The number of aliphatic hydroxyl groups excluding tert-OH is 1. The average Bonchev–Trinajstić information content (AvgIpc) is 3.72. The van der Waals surface area contributed by atoms with Crippen LogP contribution >= 0.6 is 22.6 Å². The molecule has 8 nitrogen and oxygen atoms in total. The van der Waals surface area contributed by atoms with Crippen molar-refractivity contribution in [3.8, 4) is 0 Å². The van der Waals surface area contributed by atoms with Crippen molar-refractivity contribution in [2.24, 2.45) is 26.8 Å². The molecule has 42 heavy (non-hydrogen) atoms. The van der Waals surface area contributed by atoms with Crippen LogP contribution in [0.4, 0.5) is 0 Å². The lowest BCUT2D eigenvalue weighted by molar-refractivity contribution is -0.140. The van der Waals surface area contributed by atoms with E-state index < -0.39 is 0 Å². The van der Waals surface area contributed by atoms with E-state index in [1.165, 1.54) is 7.11 Å². The lowest BCUT2D eigenvalue weighted by atomic mass is 9.86. The number of carbonyl (C=O) groups is 2. The Kier molecular flexibility index (Phi) is 7.19. The van der Waals surface area contributed by atoms with E-state index in [0.29, 0.717) is 23.3 Å². The quantitative estimate of drug-likeness (QED) is 0.199. The molecule has 0 radical (unpaired) electrons. The van der Waals surface area contributed by atoms with Crippen molar-refractivity contribution in [2.75, 3.05) is 7.11 Å². The number of nitrogens with one attached hydrogen (secondary N) is 1. The number of nitrogens with zero attached hydrogens (tertiary/aromatic N) is 3. The van der Waals surface area contributed by atoms with E-state index in [0.717, 1.165) is 84.0 Å². The van der Waals surface area contributed by atoms with E-state index in [1.807, 2.05) is 26.0 Å². The van der Waals surface area contributed by atoms with Crippen molar-refractivity contribution in [3.05, 3.63) is 89.5 Å². The van der Waals surface area contributed by atoms with Gasteiger partial charge in [0.2, 0.25) is 0 Å². The molecule has 0 aromatic heterocycles. The minimum Gasteiger partial charge on any atom is -0.515 e. The molecule has 1 aliphatic carbocycles. The molecule has 6 rings (SSSR count). The number of ether oxygens (including phenoxy) is 1. The Labute approximate surface area is 259 Å². The largest absolute Gasteiger partial charge is 0.515 e. The molecule has 9 heteroatoms. The van der Waals surface area contributed by atoms with Gasteiger partial charge in [0, 0.05) is 52.8 Å². The molecule has 6 aliphatic rings. The van der Waals surface area contributed by atoms with E-state index in [-0.39, 0.29) is 36.4 Å². The van der Waals surface area contributed by atoms with Crippen LogP contribution in [0.5, 0.6) is 0 Å². The number of hydrogen-bond acceptors (Lipinski definition) is 8. The number of rotatable bonds is 4. The van der Waals surface area contributed by atoms with Gasteiger partial charge in [-0.05, 0) is 90.6 Å². The Morgan fingerprint density at radius 3 is 2.50 bits per heavy atom. The smallest absolute Gasteiger partial charge is 0.305 e. The second-order valence-corrected chi connectivity index (χ2v) is 12.4. The zero-order valence-corrected chi connectivity index (χ0v) is 26.8. The van der Waals surface area contributed by atoms with Gasteiger partial charge < -0.3 is 15.2 Å². The summed E-state index contributed by atoms with van der Waals surface area (Å²) in [5.74, 6) is -0.237.